The standard InChI is InChI=1S/C14H11ClO3S/c1-18-14(17)11(12(16)7-15)6-9-8-19-13-5-3-2-4-10(9)13/h2-6,8H,7H2,1H3/b11-6-. The molecule has 0 N–H and O–H groups in total. The monoisotopic (exact) mass is 294 g/mol. The Balaban J connectivity index is 2.52. The minimum absolute atomic E-state index is 0.0268. The molecule has 0 saturated heterocycles. The Bertz CT molecular complexity index is 640. The maximum atomic E-state index is 11.7. The molecule has 2 rings (SSSR count). The smallest absolute Gasteiger partial charge is 0.341 e. The zero-order chi connectivity index (χ0) is 13.8. The molecular weight excluding hydrogens is 284 g/mol. The van der Waals surface area contributed by atoms with Gasteiger partial charge in [0.25, 0.3) is 0 Å². The number of benzene rings is 1. The van der Waals surface area contributed by atoms with Crippen LogP contribution in [-0.4, -0.2) is 24.7 Å². The predicted octanol–water partition coefficient (Wildman–Crippen LogP) is 3.27. The SMILES string of the molecule is COC(=O)/C(=C\c1csc2ccccc12)C(=O)CCl. The van der Waals surface area contributed by atoms with Gasteiger partial charge in [-0.1, -0.05) is 18.2 Å². The Kier molecular flexibility index (Phi) is 4.35. The fourth-order valence-corrected chi connectivity index (χ4v) is 2.76. The Hall–Kier alpha value is -1.65. The van der Waals surface area contributed by atoms with Crippen molar-refractivity contribution >= 4 is 50.9 Å². The number of hydrogen-bond donors (Lipinski definition) is 0. The maximum Gasteiger partial charge on any atom is 0.341 e. The Morgan fingerprint density at radius 1 is 1.37 bits per heavy atom. The molecule has 19 heavy (non-hydrogen) atoms. The molecule has 0 aliphatic heterocycles. The van der Waals surface area contributed by atoms with Crippen molar-refractivity contribution in [1.29, 1.82) is 0 Å². The highest BCUT2D eigenvalue weighted by Crippen LogP contribution is 2.27. The van der Waals surface area contributed by atoms with Gasteiger partial charge in [-0.25, -0.2) is 4.79 Å². The molecule has 0 fully saturated rings. The van der Waals surface area contributed by atoms with Crippen LogP contribution in [0.2, 0.25) is 0 Å². The van der Waals surface area contributed by atoms with Gasteiger partial charge in [0, 0.05) is 4.70 Å². The van der Waals surface area contributed by atoms with E-state index in [9.17, 15) is 9.59 Å². The van der Waals surface area contributed by atoms with Gasteiger partial charge in [0.15, 0.2) is 5.78 Å². The molecule has 1 aromatic carbocycles. The highest BCUT2D eigenvalue weighted by atomic mass is 35.5. The van der Waals surface area contributed by atoms with Gasteiger partial charge in [0.1, 0.15) is 5.57 Å². The number of carbonyl (C=O) groups is 2. The zero-order valence-corrected chi connectivity index (χ0v) is 11.8. The maximum absolute atomic E-state index is 11.7. The van der Waals surface area contributed by atoms with Crippen LogP contribution in [-0.2, 0) is 14.3 Å². The van der Waals surface area contributed by atoms with Crippen LogP contribution in [0.5, 0.6) is 0 Å². The second-order valence-corrected chi connectivity index (χ2v) is 4.97. The molecule has 0 aliphatic carbocycles. The van der Waals surface area contributed by atoms with E-state index in [-0.39, 0.29) is 11.5 Å². The van der Waals surface area contributed by atoms with Crippen molar-refractivity contribution in [1.82, 2.24) is 0 Å². The topological polar surface area (TPSA) is 43.4 Å². The summed E-state index contributed by atoms with van der Waals surface area (Å²) in [6, 6.07) is 7.78. The molecule has 0 amide bonds. The highest BCUT2D eigenvalue weighted by molar-refractivity contribution is 7.17. The van der Waals surface area contributed by atoms with Crippen molar-refractivity contribution < 1.29 is 14.3 Å². The number of halogens is 1. The van der Waals surface area contributed by atoms with Crippen molar-refractivity contribution in [3.8, 4) is 0 Å². The number of methoxy groups -OCH3 is 1. The molecule has 5 heteroatoms. The summed E-state index contributed by atoms with van der Waals surface area (Å²) in [6.45, 7) is 0. The van der Waals surface area contributed by atoms with E-state index in [0.717, 1.165) is 15.6 Å². The van der Waals surface area contributed by atoms with Crippen molar-refractivity contribution in [3.63, 3.8) is 0 Å². The lowest BCUT2D eigenvalue weighted by atomic mass is 10.1. The van der Waals surface area contributed by atoms with Crippen molar-refractivity contribution in [2.75, 3.05) is 13.0 Å². The third kappa shape index (κ3) is 2.85. The average Bonchev–Trinajstić information content (AvgIpc) is 2.86. The molecule has 2 aromatic rings. The van der Waals surface area contributed by atoms with E-state index in [2.05, 4.69) is 4.74 Å². The summed E-state index contributed by atoms with van der Waals surface area (Å²) >= 11 is 7.06. The van der Waals surface area contributed by atoms with Crippen LogP contribution in [0.25, 0.3) is 16.2 Å². The van der Waals surface area contributed by atoms with E-state index >= 15 is 0 Å². The minimum atomic E-state index is -0.666. The Morgan fingerprint density at radius 3 is 2.79 bits per heavy atom. The molecule has 0 spiro atoms. The van der Waals surface area contributed by atoms with Gasteiger partial charge >= 0.3 is 5.97 Å². The molecule has 3 nitrogen and oxygen atoms in total. The largest absolute Gasteiger partial charge is 0.465 e. The molecular formula is C14H11ClO3S. The first-order valence-electron chi connectivity index (χ1n) is 5.52. The van der Waals surface area contributed by atoms with E-state index in [4.69, 9.17) is 11.6 Å². The Labute approximate surface area is 119 Å². The molecule has 0 bridgehead atoms. The number of fused-ring (bicyclic) bond motifs is 1. The summed E-state index contributed by atoms with van der Waals surface area (Å²) in [7, 11) is 1.24. The number of ketones is 1. The summed E-state index contributed by atoms with van der Waals surface area (Å²) in [5.74, 6) is -1.35. The number of ether oxygens (including phenoxy) is 1. The normalized spacial score (nSPS) is 11.6. The van der Waals surface area contributed by atoms with Crippen LogP contribution in [0.15, 0.2) is 35.2 Å². The number of alkyl halides is 1. The van der Waals surface area contributed by atoms with E-state index in [0.29, 0.717) is 0 Å². The summed E-state index contributed by atoms with van der Waals surface area (Å²) in [5.41, 5.74) is 0.792. The third-order valence-electron chi connectivity index (χ3n) is 2.64. The predicted molar refractivity (Wildman–Crippen MR) is 77.5 cm³/mol. The average molecular weight is 295 g/mol. The summed E-state index contributed by atoms with van der Waals surface area (Å²) in [5, 5.41) is 2.89. The van der Waals surface area contributed by atoms with Crippen LogP contribution >= 0.6 is 22.9 Å². The lowest BCUT2D eigenvalue weighted by Gasteiger charge is -2.02. The van der Waals surface area contributed by atoms with Crippen molar-refractivity contribution in [2.24, 2.45) is 0 Å². The molecule has 0 aliphatic rings. The van der Waals surface area contributed by atoms with E-state index in [1.165, 1.54) is 13.2 Å². The van der Waals surface area contributed by atoms with Crippen molar-refractivity contribution in [2.45, 2.75) is 0 Å². The summed E-state index contributed by atoms with van der Waals surface area (Å²) in [6.07, 6.45) is 1.54. The first kappa shape index (κ1) is 13.8. The Morgan fingerprint density at radius 2 is 2.11 bits per heavy atom. The summed E-state index contributed by atoms with van der Waals surface area (Å²) < 4.78 is 5.71. The van der Waals surface area contributed by atoms with Gasteiger partial charge in [-0.2, -0.15) is 0 Å². The second kappa shape index (κ2) is 5.99. The van der Waals surface area contributed by atoms with Crippen molar-refractivity contribution in [3.05, 3.63) is 40.8 Å². The van der Waals surface area contributed by atoms with E-state index < -0.39 is 11.8 Å². The zero-order valence-electron chi connectivity index (χ0n) is 10.2. The minimum Gasteiger partial charge on any atom is -0.465 e. The molecule has 0 atom stereocenters. The fraction of sp³-hybridized carbons (Fsp3) is 0.143. The van der Waals surface area contributed by atoms with Gasteiger partial charge in [-0.15, -0.1) is 22.9 Å². The highest BCUT2D eigenvalue weighted by Gasteiger charge is 2.18. The van der Waals surface area contributed by atoms with Crippen LogP contribution in [0.1, 0.15) is 5.56 Å². The van der Waals surface area contributed by atoms with Crippen LogP contribution in [0.3, 0.4) is 0 Å². The second-order valence-electron chi connectivity index (χ2n) is 3.79. The molecule has 1 heterocycles. The molecule has 98 valence electrons. The van der Waals surface area contributed by atoms with Gasteiger partial charge in [-0.3, -0.25) is 4.79 Å². The number of hydrogen-bond acceptors (Lipinski definition) is 4. The number of esters is 1. The number of thiophene rings is 1. The van der Waals surface area contributed by atoms with Gasteiger partial charge < -0.3 is 4.74 Å². The summed E-state index contributed by atoms with van der Waals surface area (Å²) in [4.78, 5) is 23.3. The van der Waals surface area contributed by atoms with Crippen LogP contribution in [0, 0.1) is 0 Å². The fourth-order valence-electron chi connectivity index (χ4n) is 1.70. The third-order valence-corrected chi connectivity index (χ3v) is 3.86. The number of rotatable bonds is 4. The quantitative estimate of drug-likeness (QED) is 0.286. The molecule has 0 saturated carbocycles. The molecule has 0 radical (unpaired) electrons. The number of Topliss-reactive ketones (excluding diaryl/α,β-unsaturated/α-hetero) is 1. The van der Waals surface area contributed by atoms with Crippen LogP contribution in [0.4, 0.5) is 0 Å². The number of carbonyl (C=O) groups excluding carboxylic acids is 2. The van der Waals surface area contributed by atoms with Gasteiger partial charge in [0.05, 0.1) is 13.0 Å². The molecule has 1 aromatic heterocycles. The van der Waals surface area contributed by atoms with Crippen LogP contribution < -0.4 is 0 Å². The van der Waals surface area contributed by atoms with E-state index in [1.807, 2.05) is 29.6 Å². The molecule has 0 unspecified atom stereocenters. The lowest BCUT2D eigenvalue weighted by Crippen LogP contribution is -2.15. The van der Waals surface area contributed by atoms with E-state index in [1.54, 1.807) is 11.3 Å². The van der Waals surface area contributed by atoms with Gasteiger partial charge in [-0.05, 0) is 28.5 Å². The lowest BCUT2D eigenvalue weighted by molar-refractivity contribution is -0.137. The van der Waals surface area contributed by atoms with Gasteiger partial charge in [0.2, 0.25) is 0 Å². The first-order chi connectivity index (χ1) is 9.17. The first-order valence-corrected chi connectivity index (χ1v) is 6.94.